The minimum atomic E-state index is -0.696. The molecule has 6 aromatic rings. The molecule has 0 saturated carbocycles. The van der Waals surface area contributed by atoms with Crippen LogP contribution in [-0.2, 0) is 5.41 Å². The third-order valence-electron chi connectivity index (χ3n) is 8.65. The van der Waals surface area contributed by atoms with Crippen LogP contribution >= 0.6 is 11.8 Å². The number of nitrogens with zero attached hydrogens (tertiary/aromatic N) is 5. The molecular weight excluding hydrogens is 563 g/mol. The van der Waals surface area contributed by atoms with Crippen LogP contribution in [0.3, 0.4) is 0 Å². The second kappa shape index (κ2) is 9.05. The number of ether oxygens (including phenoxy) is 1. The van der Waals surface area contributed by atoms with Crippen molar-refractivity contribution in [1.29, 1.82) is 10.5 Å². The molecule has 44 heavy (non-hydrogen) atoms. The summed E-state index contributed by atoms with van der Waals surface area (Å²) in [6.07, 6.45) is 3.72. The fourth-order valence-corrected chi connectivity index (χ4v) is 8.03. The molecule has 0 N–H and O–H groups in total. The van der Waals surface area contributed by atoms with Crippen LogP contribution in [0.2, 0.25) is 0 Å². The van der Waals surface area contributed by atoms with Gasteiger partial charge in [-0.3, -0.25) is 9.97 Å². The summed E-state index contributed by atoms with van der Waals surface area (Å²) in [6, 6.07) is 38.8. The van der Waals surface area contributed by atoms with Gasteiger partial charge in [-0.25, -0.2) is 0 Å². The smallest absolute Gasteiger partial charge is 0.132 e. The van der Waals surface area contributed by atoms with Gasteiger partial charge in [0.1, 0.15) is 11.5 Å². The molecule has 0 saturated heterocycles. The van der Waals surface area contributed by atoms with Gasteiger partial charge in [0.15, 0.2) is 0 Å². The molecule has 2 aliphatic heterocycles. The van der Waals surface area contributed by atoms with E-state index in [4.69, 9.17) is 14.7 Å². The molecule has 0 unspecified atom stereocenters. The Morgan fingerprint density at radius 1 is 0.636 bits per heavy atom. The van der Waals surface area contributed by atoms with E-state index in [1.165, 1.54) is 0 Å². The standard InChI is InChI=1S/C37H19N5OS/c38-19-22-11-13-29-33(16-22)44-34-17-23(20-39)12-14-30(34)42(29)24-18-28-36(41-21-24)35-27(8-5-15-40-35)37(28)25-6-1-3-9-31(25)43-32-10-4-2-7-26(32)37/h1-18,21H. The Bertz CT molecular complexity index is 2190. The zero-order valence-corrected chi connectivity index (χ0v) is 23.8. The SMILES string of the molecule is N#Cc1ccc2c(c1)Sc1cc(C#N)ccc1N2c1cnc2c(c1)C1(c3ccccc3Oc3ccccc31)c1cccnc1-2. The van der Waals surface area contributed by atoms with Gasteiger partial charge in [0.2, 0.25) is 0 Å². The number of hydrogen-bond donors (Lipinski definition) is 0. The molecular formula is C37H19N5OS. The molecule has 3 aliphatic rings. The maximum absolute atomic E-state index is 9.65. The molecule has 4 heterocycles. The van der Waals surface area contributed by atoms with E-state index in [0.29, 0.717) is 11.1 Å². The number of nitriles is 2. The predicted molar refractivity (Wildman–Crippen MR) is 168 cm³/mol. The third kappa shape index (κ3) is 3.19. The second-order valence-corrected chi connectivity index (χ2v) is 11.9. The Morgan fingerprint density at radius 2 is 1.23 bits per heavy atom. The van der Waals surface area contributed by atoms with Gasteiger partial charge in [-0.1, -0.05) is 54.2 Å². The van der Waals surface area contributed by atoms with E-state index in [2.05, 4.69) is 53.4 Å². The lowest BCUT2D eigenvalue weighted by Gasteiger charge is -2.39. The van der Waals surface area contributed by atoms with Gasteiger partial charge in [0.05, 0.1) is 63.3 Å². The van der Waals surface area contributed by atoms with Crippen molar-refractivity contribution >= 4 is 28.8 Å². The minimum Gasteiger partial charge on any atom is -0.457 e. The van der Waals surface area contributed by atoms with Crippen molar-refractivity contribution < 1.29 is 4.74 Å². The molecule has 4 aromatic carbocycles. The fraction of sp³-hybridized carbons (Fsp3) is 0.0270. The number of benzene rings is 4. The number of pyridine rings is 2. The lowest BCUT2D eigenvalue weighted by atomic mass is 9.66. The average molecular weight is 582 g/mol. The summed E-state index contributed by atoms with van der Waals surface area (Å²) in [5.41, 5.74) is 9.09. The molecule has 0 atom stereocenters. The maximum atomic E-state index is 9.65. The monoisotopic (exact) mass is 581 g/mol. The Morgan fingerprint density at radius 3 is 1.86 bits per heavy atom. The van der Waals surface area contributed by atoms with Crippen LogP contribution in [0.1, 0.15) is 33.4 Å². The van der Waals surface area contributed by atoms with Crippen molar-refractivity contribution in [3.8, 4) is 35.0 Å². The van der Waals surface area contributed by atoms with Crippen molar-refractivity contribution in [2.24, 2.45) is 0 Å². The number of aromatic nitrogens is 2. The van der Waals surface area contributed by atoms with E-state index < -0.39 is 5.41 Å². The number of rotatable bonds is 1. The highest BCUT2D eigenvalue weighted by Crippen LogP contribution is 2.62. The van der Waals surface area contributed by atoms with Crippen molar-refractivity contribution in [2.75, 3.05) is 4.90 Å². The van der Waals surface area contributed by atoms with E-state index in [-0.39, 0.29) is 0 Å². The topological polar surface area (TPSA) is 85.8 Å². The summed E-state index contributed by atoms with van der Waals surface area (Å²) in [4.78, 5) is 14.1. The molecule has 0 amide bonds. The van der Waals surface area contributed by atoms with Crippen LogP contribution in [0.25, 0.3) is 11.4 Å². The zero-order valence-electron chi connectivity index (χ0n) is 23.0. The predicted octanol–water partition coefficient (Wildman–Crippen LogP) is 8.62. The normalized spacial score (nSPS) is 14.1. The Balaban J connectivity index is 1.36. The maximum Gasteiger partial charge on any atom is 0.132 e. The van der Waals surface area contributed by atoms with Crippen LogP contribution in [0.5, 0.6) is 11.5 Å². The fourth-order valence-electron chi connectivity index (χ4n) is 6.89. The Hall–Kier alpha value is -5.89. The van der Waals surface area contributed by atoms with Crippen molar-refractivity contribution in [3.63, 3.8) is 0 Å². The van der Waals surface area contributed by atoms with Gasteiger partial charge in [0, 0.05) is 32.7 Å². The molecule has 6 nitrogen and oxygen atoms in total. The number of para-hydroxylation sites is 2. The highest BCUT2D eigenvalue weighted by atomic mass is 32.2. The van der Waals surface area contributed by atoms with Gasteiger partial charge in [0.25, 0.3) is 0 Å². The van der Waals surface area contributed by atoms with Crippen LogP contribution < -0.4 is 9.64 Å². The van der Waals surface area contributed by atoms with Crippen LogP contribution in [-0.4, -0.2) is 9.97 Å². The van der Waals surface area contributed by atoms with Crippen molar-refractivity contribution in [3.05, 3.63) is 149 Å². The lowest BCUT2D eigenvalue weighted by molar-refractivity contribution is 0.436. The number of hydrogen-bond acceptors (Lipinski definition) is 7. The lowest BCUT2D eigenvalue weighted by Crippen LogP contribution is -2.32. The van der Waals surface area contributed by atoms with Gasteiger partial charge in [-0.15, -0.1) is 0 Å². The minimum absolute atomic E-state index is 0.582. The quantitative estimate of drug-likeness (QED) is 0.192. The summed E-state index contributed by atoms with van der Waals surface area (Å²) in [7, 11) is 0. The second-order valence-electron chi connectivity index (χ2n) is 10.9. The van der Waals surface area contributed by atoms with E-state index in [9.17, 15) is 10.5 Å². The van der Waals surface area contributed by atoms with E-state index in [1.54, 1.807) is 11.8 Å². The van der Waals surface area contributed by atoms with Crippen molar-refractivity contribution in [2.45, 2.75) is 15.2 Å². The first-order chi connectivity index (χ1) is 21.7. The largest absolute Gasteiger partial charge is 0.457 e. The first-order valence-electron chi connectivity index (χ1n) is 14.1. The van der Waals surface area contributed by atoms with E-state index in [1.807, 2.05) is 79.1 Å². The number of anilines is 3. The molecule has 204 valence electrons. The summed E-state index contributed by atoms with van der Waals surface area (Å²) in [5.74, 6) is 1.61. The van der Waals surface area contributed by atoms with E-state index >= 15 is 0 Å². The van der Waals surface area contributed by atoms with Crippen LogP contribution in [0, 0.1) is 22.7 Å². The van der Waals surface area contributed by atoms with Gasteiger partial charge >= 0.3 is 0 Å². The molecule has 0 fully saturated rings. The third-order valence-corrected chi connectivity index (χ3v) is 9.75. The highest BCUT2D eigenvalue weighted by Gasteiger charge is 2.52. The number of fused-ring (bicyclic) bond motifs is 11. The average Bonchev–Trinajstić information content (AvgIpc) is 3.36. The first-order valence-corrected chi connectivity index (χ1v) is 14.9. The Kier molecular flexibility index (Phi) is 5.08. The van der Waals surface area contributed by atoms with E-state index in [0.717, 1.165) is 72.0 Å². The van der Waals surface area contributed by atoms with Gasteiger partial charge in [-0.2, -0.15) is 10.5 Å². The highest BCUT2D eigenvalue weighted by molar-refractivity contribution is 7.99. The molecule has 0 bridgehead atoms. The summed E-state index contributed by atoms with van der Waals surface area (Å²) >= 11 is 1.57. The molecule has 1 spiro atoms. The summed E-state index contributed by atoms with van der Waals surface area (Å²) in [5, 5.41) is 19.3. The van der Waals surface area contributed by atoms with Gasteiger partial charge < -0.3 is 9.64 Å². The van der Waals surface area contributed by atoms with Crippen molar-refractivity contribution in [1.82, 2.24) is 9.97 Å². The van der Waals surface area contributed by atoms with Gasteiger partial charge in [-0.05, 0) is 66.2 Å². The molecule has 0 radical (unpaired) electrons. The molecule has 1 aliphatic carbocycles. The summed E-state index contributed by atoms with van der Waals surface area (Å²) < 4.78 is 6.47. The Labute approximate surface area is 257 Å². The zero-order chi connectivity index (χ0) is 29.4. The first kappa shape index (κ1) is 24.7. The molecule has 2 aromatic heterocycles. The van der Waals surface area contributed by atoms with Crippen LogP contribution in [0.15, 0.2) is 125 Å². The molecule has 9 rings (SSSR count). The summed E-state index contributed by atoms with van der Waals surface area (Å²) in [6.45, 7) is 0. The van der Waals surface area contributed by atoms with Crippen LogP contribution in [0.4, 0.5) is 17.1 Å². The molecule has 7 heteroatoms.